The van der Waals surface area contributed by atoms with Gasteiger partial charge in [0.05, 0.1) is 19.5 Å². The number of nitrogens with one attached hydrogen (secondary N) is 2. The molecule has 3 N–H and O–H groups in total. The highest BCUT2D eigenvalue weighted by atomic mass is 32.7. The van der Waals surface area contributed by atoms with Gasteiger partial charge in [0.15, 0.2) is 31.9 Å². The molecule has 3 aliphatic rings. The number of imidazole rings is 1. The number of aromatic amines is 1. The fourth-order valence-electron chi connectivity index (χ4n) is 5.95. The van der Waals surface area contributed by atoms with E-state index in [1.807, 2.05) is 33.9 Å². The van der Waals surface area contributed by atoms with E-state index in [4.69, 9.17) is 43.8 Å². The molecule has 3 aromatic heterocycles. The summed E-state index contributed by atoms with van der Waals surface area (Å²) in [6, 6.07) is 1.46. The molecule has 2 aliphatic heterocycles. The molecular formula is C30H44FN7O11P2S2Si. The third-order valence-corrected chi connectivity index (χ3v) is 17.5. The summed E-state index contributed by atoms with van der Waals surface area (Å²) in [5.74, 6) is -1.69. The highest BCUT2D eigenvalue weighted by Gasteiger charge is 2.55. The van der Waals surface area contributed by atoms with Gasteiger partial charge in [-0.2, -0.15) is 4.98 Å². The fraction of sp³-hybridized carbons (Fsp3) is 0.667. The quantitative estimate of drug-likeness (QED) is 0.144. The van der Waals surface area contributed by atoms with Gasteiger partial charge in [0.2, 0.25) is 17.7 Å². The molecule has 1 amide bonds. The molecule has 1 saturated carbocycles. The molecule has 6 rings (SSSR count). The number of carbonyl (C=O) groups excluding carboxylic acids is 1. The van der Waals surface area contributed by atoms with Crippen LogP contribution in [0.2, 0.25) is 18.1 Å². The molecule has 0 spiro atoms. The van der Waals surface area contributed by atoms with E-state index in [0.717, 1.165) is 0 Å². The third-order valence-electron chi connectivity index (χ3n) is 9.85. The number of hydrogen-bond donors (Lipinski definition) is 4. The topological polar surface area (TPSA) is 220 Å². The van der Waals surface area contributed by atoms with Crippen molar-refractivity contribution in [3.05, 3.63) is 35.3 Å². The second-order valence-electron chi connectivity index (χ2n) is 15.1. The van der Waals surface area contributed by atoms with Crippen molar-refractivity contribution in [2.45, 2.75) is 102 Å². The number of fused-ring (bicyclic) bond motifs is 4. The second kappa shape index (κ2) is 15.6. The summed E-state index contributed by atoms with van der Waals surface area (Å²) in [6.45, 7) is 3.96. The van der Waals surface area contributed by atoms with E-state index in [1.165, 1.54) is 29.5 Å². The van der Waals surface area contributed by atoms with Crippen molar-refractivity contribution in [3.63, 3.8) is 0 Å². The van der Waals surface area contributed by atoms with Crippen LogP contribution in [0.4, 0.5) is 10.3 Å². The van der Waals surface area contributed by atoms with Gasteiger partial charge in [-0.05, 0) is 36.4 Å². The first kappa shape index (κ1) is 41.4. The average Bonchev–Trinajstić information content (AvgIpc) is 3.72. The Morgan fingerprint density at radius 3 is 2.63 bits per heavy atom. The van der Waals surface area contributed by atoms with Gasteiger partial charge in [0.1, 0.15) is 36.8 Å². The van der Waals surface area contributed by atoms with Crippen LogP contribution in [0.3, 0.4) is 0 Å². The van der Waals surface area contributed by atoms with Crippen molar-refractivity contribution in [2.75, 3.05) is 18.5 Å². The lowest BCUT2D eigenvalue weighted by Gasteiger charge is -2.40. The van der Waals surface area contributed by atoms with Gasteiger partial charge in [0.25, 0.3) is 5.56 Å². The molecule has 3 aromatic rings. The Morgan fingerprint density at radius 1 is 1.22 bits per heavy atom. The number of thiol groups is 1. The molecule has 298 valence electrons. The lowest BCUT2D eigenvalue weighted by atomic mass is 10.1. The molecule has 0 unspecified atom stereocenters. The van der Waals surface area contributed by atoms with Gasteiger partial charge >= 0.3 is 13.5 Å². The van der Waals surface area contributed by atoms with Gasteiger partial charge in [-0.3, -0.25) is 38.0 Å². The van der Waals surface area contributed by atoms with Crippen molar-refractivity contribution >= 4 is 68.9 Å². The van der Waals surface area contributed by atoms with E-state index in [2.05, 4.69) is 42.5 Å². The van der Waals surface area contributed by atoms with Crippen LogP contribution in [0.15, 0.2) is 29.7 Å². The molecule has 18 nitrogen and oxygen atoms in total. The number of hydrogen-bond acceptors (Lipinski definition) is 15. The van der Waals surface area contributed by atoms with Crippen molar-refractivity contribution in [1.29, 1.82) is 0 Å². The minimum atomic E-state index is -4.34. The number of ether oxygens (including phenoxy) is 2. The van der Waals surface area contributed by atoms with Crippen LogP contribution < -0.4 is 15.6 Å². The Balaban J connectivity index is 1.38. The molecule has 3 fully saturated rings. The zero-order chi connectivity index (χ0) is 39.4. The number of rotatable bonds is 7. The highest BCUT2D eigenvalue weighted by Crippen LogP contribution is 2.59. The maximum atomic E-state index is 16.0. The summed E-state index contributed by atoms with van der Waals surface area (Å²) in [7, 11) is -2.70. The summed E-state index contributed by atoms with van der Waals surface area (Å²) >= 11 is 9.75. The average molecular weight is 852 g/mol. The Hall–Kier alpha value is -2.20. The Kier molecular flexibility index (Phi) is 12.0. The minimum Gasteiger partial charge on any atom is -0.471 e. The zero-order valence-corrected chi connectivity index (χ0v) is 35.0. The summed E-state index contributed by atoms with van der Waals surface area (Å²) in [4.78, 5) is 56.2. The monoisotopic (exact) mass is 851 g/mol. The molecule has 2 saturated heterocycles. The molecule has 5 heterocycles. The first-order valence-corrected chi connectivity index (χ1v) is 25.3. The van der Waals surface area contributed by atoms with E-state index in [1.54, 1.807) is 13.8 Å². The number of amides is 1. The molecule has 10 atom stereocenters. The smallest absolute Gasteiger partial charge is 0.386 e. The molecule has 1 aliphatic carbocycles. The molecule has 54 heavy (non-hydrogen) atoms. The number of alkyl halides is 1. The molecule has 2 bridgehead atoms. The van der Waals surface area contributed by atoms with Crippen LogP contribution in [0.1, 0.15) is 47.3 Å². The predicted molar refractivity (Wildman–Crippen MR) is 202 cm³/mol. The van der Waals surface area contributed by atoms with E-state index in [9.17, 15) is 19.0 Å². The van der Waals surface area contributed by atoms with Gasteiger partial charge in [-0.1, -0.05) is 46.9 Å². The van der Waals surface area contributed by atoms with Gasteiger partial charge in [-0.15, -0.1) is 0 Å². The summed E-state index contributed by atoms with van der Waals surface area (Å²) in [6.07, 6.45) is -5.06. The fourth-order valence-corrected chi connectivity index (χ4v) is 10.2. The van der Waals surface area contributed by atoms with Crippen molar-refractivity contribution < 1.29 is 50.6 Å². The van der Waals surface area contributed by atoms with E-state index in [0.29, 0.717) is 0 Å². The summed E-state index contributed by atoms with van der Waals surface area (Å²) < 4.78 is 74.0. The lowest BCUT2D eigenvalue weighted by molar-refractivity contribution is -0.118. The van der Waals surface area contributed by atoms with Crippen LogP contribution in [0, 0.1) is 11.8 Å². The minimum absolute atomic E-state index is 0.00181. The normalized spacial score (nSPS) is 33.8. The van der Waals surface area contributed by atoms with Crippen LogP contribution in [-0.2, 0) is 48.4 Å². The number of aromatic nitrogens is 6. The molecule has 0 radical (unpaired) electrons. The van der Waals surface area contributed by atoms with Gasteiger partial charge in [-0.25, -0.2) is 23.9 Å². The van der Waals surface area contributed by atoms with E-state index >= 15 is 4.39 Å². The molecular weight excluding hydrogens is 808 g/mol. The van der Waals surface area contributed by atoms with Crippen LogP contribution in [0.5, 0.6) is 5.88 Å². The summed E-state index contributed by atoms with van der Waals surface area (Å²) in [5, 5.41) is 2.24. The Labute approximate surface area is 321 Å². The first-order chi connectivity index (χ1) is 25.1. The SMILES string of the molecule is CC(C)C(=O)Nc1nc2c(ncn2[C@@H]2O[C@@H]3CO[P@@](=O)(S)O[C@@H]4[C@@H](CO[P@@](O)(=S)O[C@@H]2[C@@H]3O[Si](C)(C)C(C)(C)C)C[C@@H](Oc2ccncn2)[C@@H]4F)c(=O)[nH]1. The van der Waals surface area contributed by atoms with Crippen molar-refractivity contribution in [2.24, 2.45) is 11.8 Å². The number of halogens is 1. The van der Waals surface area contributed by atoms with E-state index in [-0.39, 0.29) is 34.5 Å². The zero-order valence-electron chi connectivity index (χ0n) is 30.5. The Morgan fingerprint density at radius 2 is 1.96 bits per heavy atom. The number of carbonyl (C=O) groups is 1. The number of H-pyrrole nitrogens is 1. The second-order valence-corrected chi connectivity index (χ2v) is 25.5. The number of anilines is 1. The van der Waals surface area contributed by atoms with Crippen LogP contribution in [-0.4, -0.2) is 98.5 Å². The molecule has 0 aromatic carbocycles. The largest absolute Gasteiger partial charge is 0.471 e. The van der Waals surface area contributed by atoms with Gasteiger partial charge < -0.3 is 23.3 Å². The maximum absolute atomic E-state index is 16.0. The number of nitrogens with zero attached hydrogens (tertiary/aromatic N) is 5. The van der Waals surface area contributed by atoms with E-state index < -0.39 is 101 Å². The lowest BCUT2D eigenvalue weighted by Crippen LogP contribution is -2.50. The van der Waals surface area contributed by atoms with Crippen LogP contribution in [0.25, 0.3) is 11.2 Å². The summed E-state index contributed by atoms with van der Waals surface area (Å²) in [5.41, 5.74) is -0.735. The van der Waals surface area contributed by atoms with Crippen LogP contribution >= 0.6 is 25.8 Å². The Bertz CT molecular complexity index is 2010. The standard InChI is InChI=1S/C30H44FN7O11P2S2Si/c1-15(2)26(39)36-29-35-25-21(27(40)37-29)34-14-38(25)28-24-23(49-54(6,7)30(3,4)5)18(46-28)12-44-51(42,53)47-22-16(11-43-50(41,52)48-24)10-17(20(22)31)45-19-8-9-32-13-33-19/h8-9,13-18,20,22-24,28H,10-12H2,1-7H3,(H,41,52)(H,42,53)(H2,35,36,37,39,40)/t16-,17-,18-,20+,22-,23-,24-,28-,50-,51-/m1/s1. The highest BCUT2D eigenvalue weighted by molar-refractivity contribution is 8.44. The maximum Gasteiger partial charge on any atom is 0.386 e. The third kappa shape index (κ3) is 9.00. The molecule has 24 heteroatoms. The first-order valence-electron chi connectivity index (χ1n) is 17.1. The van der Waals surface area contributed by atoms with Crippen molar-refractivity contribution in [1.82, 2.24) is 29.5 Å². The van der Waals surface area contributed by atoms with Crippen molar-refractivity contribution in [3.8, 4) is 5.88 Å². The van der Waals surface area contributed by atoms with Gasteiger partial charge in [0, 0.05) is 24.1 Å². The predicted octanol–water partition coefficient (Wildman–Crippen LogP) is 4.67.